The van der Waals surface area contributed by atoms with Crippen LogP contribution in [0, 0.1) is 0 Å². The highest BCUT2D eigenvalue weighted by Crippen LogP contribution is 2.36. The van der Waals surface area contributed by atoms with E-state index in [1.165, 1.54) is 12.1 Å². The quantitative estimate of drug-likeness (QED) is 0.688. The van der Waals surface area contributed by atoms with Gasteiger partial charge in [0.05, 0.1) is 24.4 Å². The second-order valence-corrected chi connectivity index (χ2v) is 6.22. The average Bonchev–Trinajstić information content (AvgIpc) is 2.92. The molecule has 1 aromatic carbocycles. The molecular formula is C18H13ClF3N3O4. The van der Waals surface area contributed by atoms with Gasteiger partial charge < -0.3 is 15.2 Å². The van der Waals surface area contributed by atoms with Crippen molar-refractivity contribution in [1.82, 2.24) is 9.88 Å². The first-order valence-electron chi connectivity index (χ1n) is 8.15. The monoisotopic (exact) mass is 427 g/mol. The van der Waals surface area contributed by atoms with Crippen molar-refractivity contribution in [2.24, 2.45) is 0 Å². The van der Waals surface area contributed by atoms with Crippen molar-refractivity contribution < 1.29 is 32.6 Å². The SMILES string of the molecule is O=C1C=C(Nc2ccccc2Oc2ncc(C(F)(F)F)cc2Cl)C(=O)N1CCO. The number of hydrogen-bond donors (Lipinski definition) is 2. The standard InChI is InChI=1S/C18H13ClF3N3O4/c19-11-7-10(18(20,21)22)9-23-16(11)29-14-4-2-1-3-12(14)24-13-8-15(27)25(5-6-26)17(13)28/h1-4,7-9,24,26H,5-6H2. The Balaban J connectivity index is 1.83. The number of nitrogens with one attached hydrogen (secondary N) is 1. The molecular weight excluding hydrogens is 415 g/mol. The third-order valence-electron chi connectivity index (χ3n) is 3.83. The second-order valence-electron chi connectivity index (χ2n) is 5.81. The van der Waals surface area contributed by atoms with Crippen molar-refractivity contribution in [3.8, 4) is 11.6 Å². The summed E-state index contributed by atoms with van der Waals surface area (Å²) in [6.45, 7) is -0.529. The number of para-hydroxylation sites is 2. The minimum absolute atomic E-state index is 0.0500. The highest BCUT2D eigenvalue weighted by Gasteiger charge is 2.32. The highest BCUT2D eigenvalue weighted by atomic mass is 35.5. The maximum atomic E-state index is 12.7. The molecule has 0 radical (unpaired) electrons. The Morgan fingerprint density at radius 2 is 1.97 bits per heavy atom. The summed E-state index contributed by atoms with van der Waals surface area (Å²) in [5.74, 6) is -1.37. The number of aromatic nitrogens is 1. The summed E-state index contributed by atoms with van der Waals surface area (Å²) in [6.07, 6.45) is -2.94. The number of anilines is 1. The number of halogens is 4. The minimum atomic E-state index is -4.60. The van der Waals surface area contributed by atoms with Gasteiger partial charge in [-0.15, -0.1) is 0 Å². The van der Waals surface area contributed by atoms with E-state index >= 15 is 0 Å². The number of alkyl halides is 3. The molecule has 2 N–H and O–H groups in total. The number of β-amino-alcohol motifs (C(OH)–C–C–N with tert-alkyl or cyclic N) is 1. The van der Waals surface area contributed by atoms with Gasteiger partial charge in [-0.3, -0.25) is 14.5 Å². The van der Waals surface area contributed by atoms with E-state index < -0.39 is 23.6 Å². The number of nitrogens with zero attached hydrogens (tertiary/aromatic N) is 2. The number of carbonyl (C=O) groups excluding carboxylic acids is 2. The number of imide groups is 1. The largest absolute Gasteiger partial charge is 0.435 e. The fourth-order valence-corrected chi connectivity index (χ4v) is 2.68. The summed E-state index contributed by atoms with van der Waals surface area (Å²) >= 11 is 5.86. The molecule has 152 valence electrons. The van der Waals surface area contributed by atoms with Crippen LogP contribution in [0.4, 0.5) is 18.9 Å². The lowest BCUT2D eigenvalue weighted by atomic mass is 10.2. The smallest absolute Gasteiger partial charge is 0.417 e. The van der Waals surface area contributed by atoms with Gasteiger partial charge in [-0.2, -0.15) is 13.2 Å². The van der Waals surface area contributed by atoms with Gasteiger partial charge >= 0.3 is 6.18 Å². The lowest BCUT2D eigenvalue weighted by Gasteiger charge is -2.15. The third-order valence-corrected chi connectivity index (χ3v) is 4.10. The van der Waals surface area contributed by atoms with E-state index in [-0.39, 0.29) is 41.2 Å². The molecule has 3 rings (SSSR count). The third kappa shape index (κ3) is 4.49. The van der Waals surface area contributed by atoms with Crippen LogP contribution < -0.4 is 10.1 Å². The molecule has 2 aromatic rings. The molecule has 0 fully saturated rings. The Morgan fingerprint density at radius 3 is 2.62 bits per heavy atom. The number of benzene rings is 1. The Morgan fingerprint density at radius 1 is 1.24 bits per heavy atom. The number of aliphatic hydroxyl groups is 1. The summed E-state index contributed by atoms with van der Waals surface area (Å²) in [5.41, 5.74) is -0.819. The van der Waals surface area contributed by atoms with Crippen molar-refractivity contribution >= 4 is 29.1 Å². The maximum Gasteiger partial charge on any atom is 0.417 e. The fraction of sp³-hybridized carbons (Fsp3) is 0.167. The van der Waals surface area contributed by atoms with Crippen molar-refractivity contribution in [1.29, 1.82) is 0 Å². The summed E-state index contributed by atoms with van der Waals surface area (Å²) in [7, 11) is 0. The number of amides is 2. The molecule has 0 saturated carbocycles. The van der Waals surface area contributed by atoms with E-state index in [2.05, 4.69) is 10.3 Å². The number of aliphatic hydroxyl groups excluding tert-OH is 1. The number of hydrogen-bond acceptors (Lipinski definition) is 6. The van der Waals surface area contributed by atoms with Gasteiger partial charge in [-0.25, -0.2) is 4.98 Å². The first kappa shape index (κ1) is 20.6. The summed E-state index contributed by atoms with van der Waals surface area (Å²) in [5, 5.41) is 11.3. The van der Waals surface area contributed by atoms with Crippen LogP contribution in [0.1, 0.15) is 5.56 Å². The van der Waals surface area contributed by atoms with E-state index in [0.717, 1.165) is 11.0 Å². The molecule has 0 spiro atoms. The molecule has 29 heavy (non-hydrogen) atoms. The Hall–Kier alpha value is -3.11. The van der Waals surface area contributed by atoms with Gasteiger partial charge in [0.15, 0.2) is 5.75 Å². The van der Waals surface area contributed by atoms with Crippen molar-refractivity contribution in [2.45, 2.75) is 6.18 Å². The average molecular weight is 428 g/mol. The first-order chi connectivity index (χ1) is 13.7. The zero-order valence-electron chi connectivity index (χ0n) is 14.5. The molecule has 1 aliphatic rings. The lowest BCUT2D eigenvalue weighted by Crippen LogP contribution is -2.34. The van der Waals surface area contributed by atoms with Crippen LogP contribution in [0.15, 0.2) is 48.3 Å². The Bertz CT molecular complexity index is 995. The van der Waals surface area contributed by atoms with Crippen LogP contribution in [0.5, 0.6) is 11.6 Å². The topological polar surface area (TPSA) is 91.8 Å². The summed E-state index contributed by atoms with van der Waals surface area (Å²) in [4.78, 5) is 28.5. The van der Waals surface area contributed by atoms with Gasteiger partial charge in [-0.1, -0.05) is 23.7 Å². The molecule has 1 aliphatic heterocycles. The molecule has 0 aliphatic carbocycles. The first-order valence-corrected chi connectivity index (χ1v) is 8.53. The van der Waals surface area contributed by atoms with Gasteiger partial charge in [0.25, 0.3) is 11.8 Å². The van der Waals surface area contributed by atoms with Crippen LogP contribution in [0.2, 0.25) is 5.02 Å². The van der Waals surface area contributed by atoms with E-state index in [0.29, 0.717) is 12.3 Å². The van der Waals surface area contributed by atoms with Gasteiger partial charge in [0.1, 0.15) is 10.7 Å². The maximum absolute atomic E-state index is 12.7. The zero-order chi connectivity index (χ0) is 21.2. The van der Waals surface area contributed by atoms with E-state index in [1.807, 2.05) is 0 Å². The Labute approximate surface area is 167 Å². The molecule has 7 nitrogen and oxygen atoms in total. The number of rotatable bonds is 6. The number of pyridine rings is 1. The molecule has 0 atom stereocenters. The molecule has 0 bridgehead atoms. The van der Waals surface area contributed by atoms with Gasteiger partial charge in [-0.05, 0) is 18.2 Å². The molecule has 2 amide bonds. The van der Waals surface area contributed by atoms with Gasteiger partial charge in [0, 0.05) is 12.3 Å². The van der Waals surface area contributed by atoms with Crippen LogP contribution >= 0.6 is 11.6 Å². The zero-order valence-corrected chi connectivity index (χ0v) is 15.3. The molecule has 2 heterocycles. The fourth-order valence-electron chi connectivity index (χ4n) is 2.47. The highest BCUT2D eigenvalue weighted by molar-refractivity contribution is 6.31. The molecule has 0 unspecified atom stereocenters. The van der Waals surface area contributed by atoms with Crippen molar-refractivity contribution in [3.63, 3.8) is 0 Å². The van der Waals surface area contributed by atoms with Crippen molar-refractivity contribution in [2.75, 3.05) is 18.5 Å². The predicted octanol–water partition coefficient (Wildman–Crippen LogP) is 3.20. The van der Waals surface area contributed by atoms with Crippen LogP contribution in [0.25, 0.3) is 0 Å². The predicted molar refractivity (Wildman–Crippen MR) is 96.3 cm³/mol. The summed E-state index contributed by atoms with van der Waals surface area (Å²) < 4.78 is 43.7. The Kier molecular flexibility index (Phi) is 5.76. The second kappa shape index (κ2) is 8.10. The van der Waals surface area contributed by atoms with E-state index in [9.17, 15) is 22.8 Å². The van der Waals surface area contributed by atoms with Crippen LogP contribution in [-0.2, 0) is 15.8 Å². The lowest BCUT2D eigenvalue weighted by molar-refractivity contribution is -0.138. The molecule has 0 saturated heterocycles. The number of ether oxygens (including phenoxy) is 1. The van der Waals surface area contributed by atoms with Gasteiger partial charge in [0.2, 0.25) is 5.88 Å². The normalized spacial score (nSPS) is 14.2. The van der Waals surface area contributed by atoms with Crippen molar-refractivity contribution in [3.05, 3.63) is 58.9 Å². The number of carbonyl (C=O) groups is 2. The van der Waals surface area contributed by atoms with E-state index in [4.69, 9.17) is 21.4 Å². The van der Waals surface area contributed by atoms with Crippen LogP contribution in [-0.4, -0.2) is 40.0 Å². The molecule has 11 heteroatoms. The molecule has 1 aromatic heterocycles. The van der Waals surface area contributed by atoms with E-state index in [1.54, 1.807) is 12.1 Å². The summed E-state index contributed by atoms with van der Waals surface area (Å²) in [6, 6.07) is 6.90. The van der Waals surface area contributed by atoms with Crippen LogP contribution in [0.3, 0.4) is 0 Å². The minimum Gasteiger partial charge on any atom is -0.435 e.